The fraction of sp³-hybridized carbons (Fsp3) is 0.114. The first-order chi connectivity index (χ1) is 41.9. The first kappa shape index (κ1) is 36.6. The number of benzene rings is 10. The van der Waals surface area contributed by atoms with Gasteiger partial charge in [-0.25, -0.2) is 0 Å². The third-order valence-electron chi connectivity index (χ3n) is 13.6. The largest absolute Gasteiger partial charge is 0.454 e. The fourth-order valence-electron chi connectivity index (χ4n) is 9.74. The molecule has 76 heavy (non-hydrogen) atoms. The zero-order valence-electron chi connectivity index (χ0n) is 54.7. The first-order valence-corrected chi connectivity index (χ1v) is 26.2. The van der Waals surface area contributed by atoms with Gasteiger partial charge in [0.15, 0.2) is 5.58 Å². The summed E-state index contributed by atoms with van der Waals surface area (Å²) in [5, 5.41) is 1.02. The van der Waals surface area contributed by atoms with Crippen molar-refractivity contribution < 1.29 is 20.9 Å². The second-order valence-electron chi connectivity index (χ2n) is 20.6. The molecule has 0 aliphatic heterocycles. The van der Waals surface area contributed by atoms with Crippen LogP contribution in [0.15, 0.2) is 246 Å². The van der Waals surface area contributed by atoms with E-state index in [1.54, 1.807) is 17.0 Å². The predicted octanol–water partition coefficient (Wildman–Crippen LogP) is 21.8. The predicted molar refractivity (Wildman–Crippen MR) is 326 cm³/mol. The van der Waals surface area contributed by atoms with Crippen LogP contribution in [0.2, 0.25) is 5.02 Å². The Kier molecular flexibility index (Phi) is 9.50. The Labute approximate surface area is 472 Å². The second-order valence-corrected chi connectivity index (χ2v) is 21.8. The van der Waals surface area contributed by atoms with Crippen molar-refractivity contribution in [3.8, 4) is 22.3 Å². The molecule has 6 heteroatoms. The number of furan rings is 1. The molecule has 0 N–H and O–H groups in total. The fourth-order valence-corrected chi connectivity index (χ4v) is 10.7. The number of para-hydroxylation sites is 3. The van der Waals surface area contributed by atoms with Gasteiger partial charge >= 0.3 is 0 Å². The van der Waals surface area contributed by atoms with Gasteiger partial charge in [0.25, 0.3) is 0 Å². The van der Waals surface area contributed by atoms with Crippen LogP contribution in [0.4, 0.5) is 51.2 Å². The van der Waals surface area contributed by atoms with Crippen molar-refractivity contribution in [3.05, 3.63) is 258 Å². The van der Waals surface area contributed by atoms with E-state index >= 15 is 0 Å². The maximum absolute atomic E-state index is 10.1. The molecular formula is C70H58ClN3OS. The average Bonchev–Trinajstić information content (AvgIpc) is 1.40. The molecule has 10 aromatic carbocycles. The van der Waals surface area contributed by atoms with E-state index in [9.17, 15) is 9.60 Å². The summed E-state index contributed by atoms with van der Waals surface area (Å²) in [7, 11) is 0. The molecule has 0 amide bonds. The van der Waals surface area contributed by atoms with Crippen LogP contribution in [0.3, 0.4) is 0 Å². The zero-order chi connectivity index (χ0) is 62.6. The molecule has 4 nitrogen and oxygen atoms in total. The monoisotopic (exact) mass is 1040 g/mol. The molecule has 2 aromatic heterocycles. The number of hydrogen-bond acceptors (Lipinski definition) is 5. The summed E-state index contributed by atoms with van der Waals surface area (Å²) < 4.78 is 119. The van der Waals surface area contributed by atoms with E-state index in [4.69, 9.17) is 22.9 Å². The Morgan fingerprint density at radius 3 is 1.71 bits per heavy atom. The van der Waals surface area contributed by atoms with Gasteiger partial charge in [-0.2, -0.15) is 0 Å². The van der Waals surface area contributed by atoms with Gasteiger partial charge in [0.2, 0.25) is 0 Å². The van der Waals surface area contributed by atoms with Gasteiger partial charge in [0.05, 0.1) is 49.9 Å². The molecule has 12 aromatic rings. The summed E-state index contributed by atoms with van der Waals surface area (Å²) in [6, 6.07) is 48.7. The lowest BCUT2D eigenvalue weighted by atomic mass is 9.87. The lowest BCUT2D eigenvalue weighted by Gasteiger charge is -2.32. The molecule has 0 bridgehead atoms. The van der Waals surface area contributed by atoms with Crippen LogP contribution in [-0.4, -0.2) is 0 Å². The van der Waals surface area contributed by atoms with E-state index in [-0.39, 0.29) is 48.4 Å². The smallest absolute Gasteiger partial charge is 0.159 e. The first-order valence-electron chi connectivity index (χ1n) is 31.0. The van der Waals surface area contributed by atoms with Crippen molar-refractivity contribution in [2.24, 2.45) is 0 Å². The van der Waals surface area contributed by atoms with E-state index in [0.717, 1.165) is 55.7 Å². The standard InChI is InChI=1S/C70H58ClN3OS/c1-69(2,3)50-35-39-52(40-36-50)72(60-29-15-13-26-56(60)48-22-11-8-12-23-48)54-24-17-25-55(45-54)74(63-32-18-28-58-57-27-14-16-33-65(57)75-68(58)63)62-31-19-30-61(67(62)71)73(53-41-37-51(38-42-53)70(4,5)6)64-46-76-66-43-34-49(44-59(64)66)47-20-9-7-10-21-47/h7-46H,1-6H3/i7D,9D,10D,19D,20D,21D,30D,31D,34D,43D,44D,46D. The third-order valence-corrected chi connectivity index (χ3v) is 14.8. The summed E-state index contributed by atoms with van der Waals surface area (Å²) >= 11 is 8.90. The van der Waals surface area contributed by atoms with E-state index in [1.807, 2.05) is 109 Å². The van der Waals surface area contributed by atoms with E-state index < -0.39 is 77.6 Å². The maximum atomic E-state index is 10.1. The van der Waals surface area contributed by atoms with Crippen molar-refractivity contribution in [2.75, 3.05) is 14.7 Å². The number of thiophene rings is 1. The van der Waals surface area contributed by atoms with Gasteiger partial charge in [-0.15, -0.1) is 11.3 Å². The van der Waals surface area contributed by atoms with E-state index in [1.165, 1.54) is 4.90 Å². The summed E-state index contributed by atoms with van der Waals surface area (Å²) in [5.41, 5.74) is 7.01. The van der Waals surface area contributed by atoms with Crippen LogP contribution < -0.4 is 14.7 Å². The molecule has 0 saturated heterocycles. The lowest BCUT2D eigenvalue weighted by Crippen LogP contribution is -2.16. The van der Waals surface area contributed by atoms with Gasteiger partial charge in [-0.3, -0.25) is 0 Å². The highest BCUT2D eigenvalue weighted by atomic mass is 35.5. The van der Waals surface area contributed by atoms with Crippen molar-refractivity contribution in [1.29, 1.82) is 0 Å². The number of anilines is 9. The molecule has 372 valence electrons. The Morgan fingerprint density at radius 1 is 0.434 bits per heavy atom. The molecule has 0 aliphatic carbocycles. The molecule has 0 radical (unpaired) electrons. The molecule has 0 atom stereocenters. The van der Waals surface area contributed by atoms with Crippen LogP contribution in [0.5, 0.6) is 0 Å². The highest BCUT2D eigenvalue weighted by Crippen LogP contribution is 2.52. The maximum Gasteiger partial charge on any atom is 0.159 e. The minimum absolute atomic E-state index is 0.00922. The van der Waals surface area contributed by atoms with E-state index in [0.29, 0.717) is 33.9 Å². The number of halogens is 1. The molecule has 12 rings (SSSR count). The number of nitrogens with zero attached hydrogens (tertiary/aromatic N) is 3. The summed E-state index contributed by atoms with van der Waals surface area (Å²) in [5.74, 6) is 0. The van der Waals surface area contributed by atoms with Gasteiger partial charge < -0.3 is 19.1 Å². The third kappa shape index (κ3) is 9.10. The average molecular weight is 1040 g/mol. The van der Waals surface area contributed by atoms with Crippen LogP contribution in [-0.2, 0) is 10.8 Å². The Morgan fingerprint density at radius 2 is 1.01 bits per heavy atom. The normalized spacial score (nSPS) is 14.1. The molecule has 0 aliphatic rings. The second kappa shape index (κ2) is 19.7. The van der Waals surface area contributed by atoms with Crippen LogP contribution in [0.25, 0.3) is 54.3 Å². The van der Waals surface area contributed by atoms with Crippen LogP contribution >= 0.6 is 22.9 Å². The quantitative estimate of drug-likeness (QED) is 0.129. The summed E-state index contributed by atoms with van der Waals surface area (Å²) in [6.07, 6.45) is 0. The highest BCUT2D eigenvalue weighted by molar-refractivity contribution is 7.17. The molecule has 0 fully saturated rings. The SMILES string of the molecule is [2H]c1sc2c([2H])c([2H])c(-c3c([2H])c([2H])c([2H])c([2H])c3[2H])c([2H])c2c1N(c1ccc(C(C)(C)C)cc1)c1c([2H])c([2H])c([2H])c(N(c2cccc(N(c3ccc(C(C)(C)C)cc3)c3ccccc3-c3ccccc3)c2)c2cccc3c2oc2ccccc23)c1Cl. The number of fused-ring (bicyclic) bond motifs is 4. The molecular weight excluding hydrogens is 966 g/mol. The minimum atomic E-state index is -0.696. The van der Waals surface area contributed by atoms with Gasteiger partial charge in [-0.1, -0.05) is 205 Å². The topological polar surface area (TPSA) is 22.9 Å². The van der Waals surface area contributed by atoms with Crippen molar-refractivity contribution in [1.82, 2.24) is 0 Å². The Hall–Kier alpha value is -8.35. The molecule has 0 saturated carbocycles. The van der Waals surface area contributed by atoms with Crippen molar-refractivity contribution in [3.63, 3.8) is 0 Å². The summed E-state index contributed by atoms with van der Waals surface area (Å²) in [4.78, 5) is 5.42. The van der Waals surface area contributed by atoms with E-state index in [2.05, 4.69) is 95.0 Å². The van der Waals surface area contributed by atoms with Crippen LogP contribution in [0.1, 0.15) is 69.1 Å². The zero-order valence-corrected chi connectivity index (χ0v) is 44.3. The Bertz CT molecular complexity index is 4740. The van der Waals surface area contributed by atoms with Crippen LogP contribution in [0, 0.1) is 0 Å². The summed E-state index contributed by atoms with van der Waals surface area (Å²) in [6.45, 7) is 12.7. The van der Waals surface area contributed by atoms with Gasteiger partial charge in [0, 0.05) is 54.5 Å². The highest BCUT2D eigenvalue weighted by Gasteiger charge is 2.28. The number of rotatable bonds is 11. The van der Waals surface area contributed by atoms with Gasteiger partial charge in [0.1, 0.15) is 5.58 Å². The van der Waals surface area contributed by atoms with Crippen molar-refractivity contribution >= 4 is 106 Å². The molecule has 2 heterocycles. The minimum Gasteiger partial charge on any atom is -0.454 e. The Balaban J connectivity index is 1.17. The molecule has 0 unspecified atom stereocenters. The molecule has 0 spiro atoms. The number of hydrogen-bond donors (Lipinski definition) is 0. The lowest BCUT2D eigenvalue weighted by molar-refractivity contribution is 0.590. The van der Waals surface area contributed by atoms with Crippen molar-refractivity contribution in [2.45, 2.75) is 52.4 Å². The van der Waals surface area contributed by atoms with Gasteiger partial charge in [-0.05, 0) is 123 Å².